The number of anilines is 2. The van der Waals surface area contributed by atoms with Gasteiger partial charge >= 0.3 is 6.18 Å². The van der Waals surface area contributed by atoms with Crippen LogP contribution in [0.25, 0.3) is 11.2 Å². The first-order valence-electron chi connectivity index (χ1n) is 10.1. The van der Waals surface area contributed by atoms with E-state index in [0.29, 0.717) is 24.4 Å². The zero-order valence-corrected chi connectivity index (χ0v) is 16.7. The molecule has 0 radical (unpaired) electrons. The number of alkyl halides is 5. The fourth-order valence-electron chi connectivity index (χ4n) is 4.76. The van der Waals surface area contributed by atoms with E-state index in [-0.39, 0.29) is 29.3 Å². The van der Waals surface area contributed by atoms with Crippen molar-refractivity contribution in [2.24, 2.45) is 11.8 Å². The van der Waals surface area contributed by atoms with Gasteiger partial charge in [0.25, 0.3) is 6.43 Å². The zero-order chi connectivity index (χ0) is 22.5. The van der Waals surface area contributed by atoms with Gasteiger partial charge < -0.3 is 10.2 Å². The van der Waals surface area contributed by atoms with E-state index in [9.17, 15) is 22.0 Å². The van der Waals surface area contributed by atoms with Crippen LogP contribution in [0, 0.1) is 11.8 Å². The zero-order valence-electron chi connectivity index (χ0n) is 16.7. The summed E-state index contributed by atoms with van der Waals surface area (Å²) in [4.78, 5) is 10.3. The van der Waals surface area contributed by atoms with Crippen molar-refractivity contribution in [2.75, 3.05) is 23.3 Å². The highest BCUT2D eigenvalue weighted by Gasteiger charge is 2.44. The van der Waals surface area contributed by atoms with Crippen molar-refractivity contribution in [2.45, 2.75) is 38.0 Å². The highest BCUT2D eigenvalue weighted by molar-refractivity contribution is 5.71. The van der Waals surface area contributed by atoms with Crippen molar-refractivity contribution in [3.05, 3.63) is 30.2 Å². The Hall–Kier alpha value is -3.12. The second kappa shape index (κ2) is 7.78. The van der Waals surface area contributed by atoms with Crippen molar-refractivity contribution in [3.63, 3.8) is 0 Å². The highest BCUT2D eigenvalue weighted by atomic mass is 19.4. The molecule has 13 heteroatoms. The Balaban J connectivity index is 1.26. The Morgan fingerprint density at radius 1 is 1.12 bits per heavy atom. The predicted octanol–water partition coefficient (Wildman–Crippen LogP) is 3.23. The number of aromatic nitrogens is 6. The molecule has 0 bridgehead atoms. The van der Waals surface area contributed by atoms with Crippen molar-refractivity contribution < 1.29 is 22.0 Å². The summed E-state index contributed by atoms with van der Waals surface area (Å²) >= 11 is 0. The molecule has 2 unspecified atom stereocenters. The van der Waals surface area contributed by atoms with Gasteiger partial charge in [0, 0.05) is 19.1 Å². The molecule has 170 valence electrons. The van der Waals surface area contributed by atoms with Gasteiger partial charge in [0.15, 0.2) is 11.5 Å². The summed E-state index contributed by atoms with van der Waals surface area (Å²) < 4.78 is 66.5. The molecule has 2 atom stereocenters. The van der Waals surface area contributed by atoms with E-state index in [1.54, 1.807) is 4.90 Å². The van der Waals surface area contributed by atoms with Crippen LogP contribution in [0.3, 0.4) is 0 Å². The molecule has 1 aliphatic carbocycles. The molecule has 5 rings (SSSR count). The molecule has 2 aliphatic rings. The standard InChI is InChI=1S/C19H19F5N8/c20-15(21)9-32-18-14(5-27-32)25-6-16(29-18)28-12-3-10-7-31(8-11(10)4-12)17-13(19(22,23)24)1-2-26-30-17/h1-2,5-6,10-12,15H,3-4,7-9H2,(H,28,29). The molecule has 3 aromatic rings. The number of hydrogen-bond acceptors (Lipinski definition) is 7. The molecular formula is C19H19F5N8. The number of nitrogens with one attached hydrogen (secondary N) is 1. The molecule has 3 aromatic heterocycles. The number of rotatable bonds is 5. The van der Waals surface area contributed by atoms with Gasteiger partial charge in [0.1, 0.15) is 23.4 Å². The molecule has 8 nitrogen and oxygen atoms in total. The lowest BCUT2D eigenvalue weighted by atomic mass is 10.0. The normalized spacial score (nSPS) is 23.3. The number of halogens is 5. The minimum Gasteiger partial charge on any atom is -0.366 e. The van der Waals surface area contributed by atoms with Gasteiger partial charge in [-0.3, -0.25) is 0 Å². The molecule has 1 saturated heterocycles. The summed E-state index contributed by atoms with van der Waals surface area (Å²) in [6.07, 6.45) is -1.56. The Morgan fingerprint density at radius 2 is 1.88 bits per heavy atom. The lowest BCUT2D eigenvalue weighted by Gasteiger charge is -2.23. The molecule has 32 heavy (non-hydrogen) atoms. The third-order valence-corrected chi connectivity index (χ3v) is 6.07. The van der Waals surface area contributed by atoms with Gasteiger partial charge in [-0.25, -0.2) is 23.4 Å². The summed E-state index contributed by atoms with van der Waals surface area (Å²) in [5.74, 6) is 0.749. The van der Waals surface area contributed by atoms with Crippen LogP contribution in [-0.4, -0.2) is 55.5 Å². The van der Waals surface area contributed by atoms with Crippen LogP contribution >= 0.6 is 0 Å². The van der Waals surface area contributed by atoms with Crippen LogP contribution in [0.5, 0.6) is 0 Å². The average Bonchev–Trinajstić information content (AvgIpc) is 3.41. The van der Waals surface area contributed by atoms with Crippen molar-refractivity contribution in [3.8, 4) is 0 Å². The second-order valence-corrected chi connectivity index (χ2v) is 8.19. The Bertz CT molecular complexity index is 1100. The molecule has 1 N–H and O–H groups in total. The number of fused-ring (bicyclic) bond motifs is 2. The van der Waals surface area contributed by atoms with Crippen LogP contribution in [-0.2, 0) is 12.7 Å². The molecule has 1 saturated carbocycles. The van der Waals surface area contributed by atoms with E-state index < -0.39 is 24.7 Å². The third-order valence-electron chi connectivity index (χ3n) is 6.07. The number of hydrogen-bond donors (Lipinski definition) is 1. The van der Waals surface area contributed by atoms with Gasteiger partial charge in [-0.1, -0.05) is 0 Å². The Kier molecular flexibility index (Phi) is 5.05. The minimum absolute atomic E-state index is 0.0642. The minimum atomic E-state index is -4.48. The third kappa shape index (κ3) is 3.91. The monoisotopic (exact) mass is 454 g/mol. The average molecular weight is 454 g/mol. The summed E-state index contributed by atoms with van der Waals surface area (Å²) in [5, 5.41) is 14.6. The molecular weight excluding hydrogens is 435 g/mol. The van der Waals surface area contributed by atoms with Gasteiger partial charge in [0.2, 0.25) is 0 Å². The van der Waals surface area contributed by atoms with Crippen LogP contribution in [0.15, 0.2) is 24.7 Å². The largest absolute Gasteiger partial charge is 0.420 e. The van der Waals surface area contributed by atoms with Crippen molar-refractivity contribution in [1.82, 2.24) is 29.9 Å². The van der Waals surface area contributed by atoms with E-state index in [0.717, 1.165) is 29.8 Å². The SMILES string of the molecule is FC(F)Cn1ncc2ncc(NC3CC4CN(c5nnccc5C(F)(F)F)CC4C3)nc21. The fourth-order valence-corrected chi connectivity index (χ4v) is 4.76. The quantitative estimate of drug-likeness (QED) is 0.593. The maximum absolute atomic E-state index is 13.3. The van der Waals surface area contributed by atoms with E-state index in [4.69, 9.17) is 0 Å². The summed E-state index contributed by atoms with van der Waals surface area (Å²) in [7, 11) is 0. The van der Waals surface area contributed by atoms with E-state index in [1.165, 1.54) is 12.4 Å². The first-order chi connectivity index (χ1) is 15.3. The van der Waals surface area contributed by atoms with Crippen LogP contribution in [0.4, 0.5) is 33.6 Å². The molecule has 4 heterocycles. The highest BCUT2D eigenvalue weighted by Crippen LogP contribution is 2.43. The van der Waals surface area contributed by atoms with E-state index in [1.807, 2.05) is 0 Å². The van der Waals surface area contributed by atoms with E-state index >= 15 is 0 Å². The second-order valence-electron chi connectivity index (χ2n) is 8.19. The predicted molar refractivity (Wildman–Crippen MR) is 104 cm³/mol. The van der Waals surface area contributed by atoms with Gasteiger partial charge in [-0.15, -0.1) is 5.10 Å². The lowest BCUT2D eigenvalue weighted by Crippen LogP contribution is -2.28. The Morgan fingerprint density at radius 3 is 2.56 bits per heavy atom. The molecule has 2 fully saturated rings. The van der Waals surface area contributed by atoms with Crippen molar-refractivity contribution in [1.29, 1.82) is 0 Å². The van der Waals surface area contributed by atoms with Gasteiger partial charge in [0.05, 0.1) is 18.6 Å². The van der Waals surface area contributed by atoms with Crippen LogP contribution in [0.1, 0.15) is 18.4 Å². The van der Waals surface area contributed by atoms with Crippen molar-refractivity contribution >= 4 is 22.8 Å². The summed E-state index contributed by atoms with van der Waals surface area (Å²) in [5.41, 5.74) is -0.0623. The smallest absolute Gasteiger partial charge is 0.366 e. The van der Waals surface area contributed by atoms with Gasteiger partial charge in [-0.05, 0) is 30.7 Å². The first kappa shape index (κ1) is 20.8. The van der Waals surface area contributed by atoms with E-state index in [2.05, 4.69) is 30.6 Å². The molecule has 0 aromatic carbocycles. The molecule has 0 spiro atoms. The molecule has 1 aliphatic heterocycles. The Labute approximate surface area is 178 Å². The van der Waals surface area contributed by atoms with Gasteiger partial charge in [-0.2, -0.15) is 23.4 Å². The number of nitrogens with zero attached hydrogens (tertiary/aromatic N) is 7. The summed E-state index contributed by atoms with van der Waals surface area (Å²) in [6.45, 7) is 0.375. The summed E-state index contributed by atoms with van der Waals surface area (Å²) in [6, 6.07) is 1.02. The van der Waals surface area contributed by atoms with Crippen LogP contribution < -0.4 is 10.2 Å². The molecule has 0 amide bonds. The lowest BCUT2D eigenvalue weighted by molar-refractivity contribution is -0.137. The van der Waals surface area contributed by atoms with Crippen LogP contribution in [0.2, 0.25) is 0 Å². The first-order valence-corrected chi connectivity index (χ1v) is 10.1. The topological polar surface area (TPSA) is 84.7 Å². The fraction of sp³-hybridized carbons (Fsp3) is 0.526. The maximum Gasteiger partial charge on any atom is 0.420 e. The maximum atomic E-state index is 13.3.